The van der Waals surface area contributed by atoms with Gasteiger partial charge in [0.2, 0.25) is 0 Å². The van der Waals surface area contributed by atoms with Crippen LogP contribution in [0.5, 0.6) is 0 Å². The molecule has 1 aromatic carbocycles. The zero-order valence-corrected chi connectivity index (χ0v) is 17.6. The second-order valence-corrected chi connectivity index (χ2v) is 7.54. The summed E-state index contributed by atoms with van der Waals surface area (Å²) in [5.41, 5.74) is 3.89. The minimum atomic E-state index is -0.0254. The Morgan fingerprint density at radius 2 is 2.23 bits per heavy atom. The monoisotopic (exact) mass is 416 g/mol. The van der Waals surface area contributed by atoms with Crippen LogP contribution in [0.25, 0.3) is 5.65 Å². The molecule has 0 radical (unpaired) electrons. The van der Waals surface area contributed by atoms with E-state index in [-0.39, 0.29) is 17.7 Å². The average Bonchev–Trinajstić information content (AvgIpc) is 3.44. The van der Waals surface area contributed by atoms with Crippen LogP contribution in [-0.4, -0.2) is 59.3 Å². The molecule has 1 aliphatic rings. The van der Waals surface area contributed by atoms with E-state index in [0.29, 0.717) is 40.3 Å². The van der Waals surface area contributed by atoms with Gasteiger partial charge in [-0.25, -0.2) is 4.98 Å². The van der Waals surface area contributed by atoms with Gasteiger partial charge in [0, 0.05) is 43.7 Å². The Morgan fingerprint density at radius 1 is 1.39 bits per heavy atom. The van der Waals surface area contributed by atoms with Crippen LogP contribution in [0.15, 0.2) is 42.7 Å². The van der Waals surface area contributed by atoms with E-state index < -0.39 is 0 Å². The molecule has 1 aliphatic heterocycles. The predicted molar refractivity (Wildman–Crippen MR) is 118 cm³/mol. The Morgan fingerprint density at radius 3 is 2.97 bits per heavy atom. The van der Waals surface area contributed by atoms with E-state index >= 15 is 0 Å². The number of amides is 1. The number of nitrogens with zero attached hydrogens (tertiary/aromatic N) is 4. The molecule has 31 heavy (non-hydrogen) atoms. The van der Waals surface area contributed by atoms with Gasteiger partial charge in [-0.3, -0.25) is 14.6 Å². The van der Waals surface area contributed by atoms with Crippen LogP contribution in [0.4, 0.5) is 5.69 Å². The molecular weight excluding hydrogens is 392 g/mol. The van der Waals surface area contributed by atoms with E-state index in [0.717, 1.165) is 19.4 Å². The highest BCUT2D eigenvalue weighted by molar-refractivity contribution is 6.14. The summed E-state index contributed by atoms with van der Waals surface area (Å²) >= 11 is 0. The molecule has 0 saturated carbocycles. The number of likely N-dealkylation sites (tertiary alicyclic amines) is 1. The number of pyridine rings is 1. The molecule has 8 heteroatoms. The maximum Gasteiger partial charge on any atom is 0.254 e. The first kappa shape index (κ1) is 20.6. The van der Waals surface area contributed by atoms with Crippen molar-refractivity contribution >= 4 is 23.0 Å². The number of rotatable bonds is 6. The highest BCUT2D eigenvalue weighted by Crippen LogP contribution is 2.25. The van der Waals surface area contributed by atoms with Crippen LogP contribution < -0.4 is 5.32 Å². The summed E-state index contributed by atoms with van der Waals surface area (Å²) in [6, 6.07) is 11.0. The van der Waals surface area contributed by atoms with Gasteiger partial charge in [-0.1, -0.05) is 0 Å². The van der Waals surface area contributed by atoms with Crippen LogP contribution in [0.3, 0.4) is 0 Å². The van der Waals surface area contributed by atoms with E-state index in [2.05, 4.69) is 16.4 Å². The Hall–Kier alpha value is -3.70. The number of carbonyl (C=O) groups is 1. The van der Waals surface area contributed by atoms with Crippen molar-refractivity contribution in [3.63, 3.8) is 0 Å². The van der Waals surface area contributed by atoms with Gasteiger partial charge in [-0.05, 0) is 43.2 Å². The first-order chi connectivity index (χ1) is 15.1. The van der Waals surface area contributed by atoms with Crippen molar-refractivity contribution in [2.45, 2.75) is 18.9 Å². The lowest BCUT2D eigenvalue weighted by Gasteiger charge is -2.24. The molecule has 2 aromatic heterocycles. The molecule has 4 rings (SSSR count). The molecule has 8 nitrogen and oxygen atoms in total. The molecule has 3 heterocycles. The Bertz CT molecular complexity index is 1190. The van der Waals surface area contributed by atoms with Crippen molar-refractivity contribution < 1.29 is 9.53 Å². The third-order valence-electron chi connectivity index (χ3n) is 5.69. The van der Waals surface area contributed by atoms with Gasteiger partial charge >= 0.3 is 0 Å². The van der Waals surface area contributed by atoms with E-state index in [4.69, 9.17) is 10.1 Å². The van der Waals surface area contributed by atoms with Gasteiger partial charge < -0.3 is 15.0 Å². The number of anilines is 1. The molecule has 1 amide bonds. The number of methoxy groups -OCH3 is 1. The third-order valence-corrected chi connectivity index (χ3v) is 5.69. The van der Waals surface area contributed by atoms with Crippen LogP contribution in [-0.2, 0) is 4.74 Å². The Balaban J connectivity index is 1.67. The lowest BCUT2D eigenvalue weighted by Crippen LogP contribution is -2.38. The minimum absolute atomic E-state index is 0.0254. The topological polar surface area (TPSA) is 107 Å². The molecule has 1 saturated heterocycles. The first-order valence-electron chi connectivity index (χ1n) is 10.2. The van der Waals surface area contributed by atoms with Crippen molar-refractivity contribution in [2.75, 3.05) is 32.6 Å². The van der Waals surface area contributed by atoms with Crippen LogP contribution in [0.1, 0.15) is 40.0 Å². The van der Waals surface area contributed by atoms with Gasteiger partial charge in [0.15, 0.2) is 0 Å². The minimum Gasteiger partial charge on any atom is -0.388 e. The number of nitriles is 1. The zero-order valence-electron chi connectivity index (χ0n) is 17.6. The number of hydrogen-bond donors (Lipinski definition) is 2. The lowest BCUT2D eigenvalue weighted by atomic mass is 10.0. The van der Waals surface area contributed by atoms with Crippen molar-refractivity contribution in [1.29, 1.82) is 10.7 Å². The van der Waals surface area contributed by atoms with Gasteiger partial charge in [-0.15, -0.1) is 0 Å². The number of nitrogens with one attached hydrogen (secondary N) is 2. The second-order valence-electron chi connectivity index (χ2n) is 7.54. The number of carbonyl (C=O) groups excluding carboxylic acids is 1. The number of aromatic nitrogens is 2. The SMILES string of the molecule is CNc1cc(C(=O)N2CCC[C@H]2COC)ccc1C(=N)c1cnc2ccc(C#N)cn12. The van der Waals surface area contributed by atoms with Crippen molar-refractivity contribution in [1.82, 2.24) is 14.3 Å². The molecular formula is C23H24N6O2. The fraction of sp³-hybridized carbons (Fsp3) is 0.304. The molecule has 2 N–H and O–H groups in total. The first-order valence-corrected chi connectivity index (χ1v) is 10.2. The van der Waals surface area contributed by atoms with Gasteiger partial charge in [0.25, 0.3) is 5.91 Å². The standard InChI is InChI=1S/C23H24N6O2/c1-26-19-10-16(23(30)28-9-3-4-17(28)14-31-2)6-7-18(19)22(25)20-12-27-21-8-5-15(11-24)13-29(20)21/h5-8,10,12-13,17,25-26H,3-4,9,14H2,1-2H3/t17-/m0/s1. The zero-order chi connectivity index (χ0) is 22.0. The smallest absolute Gasteiger partial charge is 0.254 e. The molecule has 158 valence electrons. The van der Waals surface area contributed by atoms with Gasteiger partial charge in [-0.2, -0.15) is 5.26 Å². The quantitative estimate of drug-likeness (QED) is 0.601. The summed E-state index contributed by atoms with van der Waals surface area (Å²) in [6.07, 6.45) is 5.21. The summed E-state index contributed by atoms with van der Waals surface area (Å²) < 4.78 is 7.00. The fourth-order valence-electron chi connectivity index (χ4n) is 4.11. The summed E-state index contributed by atoms with van der Waals surface area (Å²) in [6.45, 7) is 1.26. The molecule has 0 bridgehead atoms. The van der Waals surface area contributed by atoms with Gasteiger partial charge in [0.05, 0.1) is 35.8 Å². The number of ether oxygens (including phenoxy) is 1. The fourth-order valence-corrected chi connectivity index (χ4v) is 4.11. The van der Waals surface area contributed by atoms with Crippen molar-refractivity contribution in [2.24, 2.45) is 0 Å². The lowest BCUT2D eigenvalue weighted by molar-refractivity contribution is 0.0630. The summed E-state index contributed by atoms with van der Waals surface area (Å²) in [4.78, 5) is 19.3. The number of benzene rings is 1. The highest BCUT2D eigenvalue weighted by Gasteiger charge is 2.29. The Labute approximate surface area is 180 Å². The highest BCUT2D eigenvalue weighted by atomic mass is 16.5. The summed E-state index contributed by atoms with van der Waals surface area (Å²) in [5, 5.41) is 21.1. The van der Waals surface area contributed by atoms with Gasteiger partial charge in [0.1, 0.15) is 11.7 Å². The molecule has 1 fully saturated rings. The van der Waals surface area contributed by atoms with Crippen LogP contribution >= 0.6 is 0 Å². The molecule has 1 atom stereocenters. The number of hydrogen-bond acceptors (Lipinski definition) is 6. The molecule has 3 aromatic rings. The maximum atomic E-state index is 13.1. The average molecular weight is 416 g/mol. The number of imidazole rings is 1. The predicted octanol–water partition coefficient (Wildman–Crippen LogP) is 2.91. The summed E-state index contributed by atoms with van der Waals surface area (Å²) in [5.74, 6) is -0.0254. The largest absolute Gasteiger partial charge is 0.388 e. The molecule has 0 spiro atoms. The van der Waals surface area contributed by atoms with E-state index in [9.17, 15) is 10.1 Å². The maximum absolute atomic E-state index is 13.1. The molecule has 0 unspecified atom stereocenters. The second kappa shape index (κ2) is 8.58. The van der Waals surface area contributed by atoms with Crippen LogP contribution in [0.2, 0.25) is 0 Å². The Kier molecular flexibility index (Phi) is 5.69. The normalized spacial score (nSPS) is 15.8. The summed E-state index contributed by atoms with van der Waals surface area (Å²) in [7, 11) is 3.42. The van der Waals surface area contributed by atoms with E-state index in [1.807, 2.05) is 4.90 Å². The van der Waals surface area contributed by atoms with E-state index in [1.165, 1.54) is 0 Å². The third kappa shape index (κ3) is 3.76. The number of fused-ring (bicyclic) bond motifs is 1. The van der Waals surface area contributed by atoms with Crippen LogP contribution in [0, 0.1) is 16.7 Å². The van der Waals surface area contributed by atoms with Crippen molar-refractivity contribution in [3.05, 3.63) is 65.1 Å². The van der Waals surface area contributed by atoms with E-state index in [1.54, 1.807) is 61.3 Å². The van der Waals surface area contributed by atoms with Crippen molar-refractivity contribution in [3.8, 4) is 6.07 Å². The molecule has 0 aliphatic carbocycles.